The highest BCUT2D eigenvalue weighted by atomic mass is 32.1. The minimum absolute atomic E-state index is 0.205. The third-order valence-electron chi connectivity index (χ3n) is 3.66. The molecule has 1 aromatic rings. The number of amides is 2. The molecule has 1 aliphatic carbocycles. The van der Waals surface area contributed by atoms with Crippen molar-refractivity contribution in [2.45, 2.75) is 33.6 Å². The highest BCUT2D eigenvalue weighted by Crippen LogP contribution is 2.33. The Balaban J connectivity index is 2.13. The maximum atomic E-state index is 12.2. The number of aryl methyl sites for hydroxylation is 1. The Morgan fingerprint density at radius 3 is 2.55 bits per heavy atom. The van der Waals surface area contributed by atoms with E-state index in [1.807, 2.05) is 13.8 Å². The van der Waals surface area contributed by atoms with Gasteiger partial charge in [0.25, 0.3) is 0 Å². The maximum absolute atomic E-state index is 12.2. The average Bonchev–Trinajstić information content (AvgIpc) is 3.14. The van der Waals surface area contributed by atoms with Crippen molar-refractivity contribution in [2.75, 3.05) is 18.4 Å². The van der Waals surface area contributed by atoms with E-state index in [-0.39, 0.29) is 11.6 Å². The lowest BCUT2D eigenvalue weighted by Gasteiger charge is -2.20. The number of aromatic carboxylic acids is 1. The van der Waals surface area contributed by atoms with E-state index in [0.29, 0.717) is 17.5 Å². The molecule has 0 aromatic carbocycles. The molecule has 0 radical (unpaired) electrons. The van der Waals surface area contributed by atoms with E-state index in [4.69, 9.17) is 0 Å². The van der Waals surface area contributed by atoms with E-state index in [2.05, 4.69) is 5.32 Å². The number of urea groups is 1. The Bertz CT molecular complexity index is 535. The quantitative estimate of drug-likeness (QED) is 0.875. The number of carbonyl (C=O) groups is 2. The Morgan fingerprint density at radius 1 is 1.40 bits per heavy atom. The van der Waals surface area contributed by atoms with E-state index < -0.39 is 5.97 Å². The third-order valence-corrected chi connectivity index (χ3v) is 4.79. The normalized spacial score (nSPS) is 14.2. The zero-order valence-electron chi connectivity index (χ0n) is 12.0. The fourth-order valence-electron chi connectivity index (χ4n) is 2.12. The van der Waals surface area contributed by atoms with Gasteiger partial charge in [-0.1, -0.05) is 0 Å². The molecule has 1 aromatic heterocycles. The van der Waals surface area contributed by atoms with Crippen molar-refractivity contribution in [1.82, 2.24) is 4.90 Å². The van der Waals surface area contributed by atoms with Crippen LogP contribution in [0.3, 0.4) is 0 Å². The fourth-order valence-corrected chi connectivity index (χ4v) is 3.16. The van der Waals surface area contributed by atoms with E-state index in [0.717, 1.165) is 17.0 Å². The lowest BCUT2D eigenvalue weighted by Crippen LogP contribution is -2.36. The molecule has 1 aliphatic rings. The van der Waals surface area contributed by atoms with Gasteiger partial charge < -0.3 is 10.0 Å². The molecule has 110 valence electrons. The third kappa shape index (κ3) is 3.12. The fraction of sp³-hybridized carbons (Fsp3) is 0.571. The lowest BCUT2D eigenvalue weighted by molar-refractivity contribution is 0.0697. The van der Waals surface area contributed by atoms with Gasteiger partial charge in [-0.05, 0) is 45.1 Å². The summed E-state index contributed by atoms with van der Waals surface area (Å²) in [5.74, 6) is -0.376. The van der Waals surface area contributed by atoms with Gasteiger partial charge in [-0.2, -0.15) is 0 Å². The van der Waals surface area contributed by atoms with Crippen molar-refractivity contribution in [3.8, 4) is 0 Å². The molecule has 0 spiro atoms. The smallest absolute Gasteiger partial charge is 0.338 e. The molecule has 0 bridgehead atoms. The van der Waals surface area contributed by atoms with Crippen LogP contribution in [-0.2, 0) is 0 Å². The van der Waals surface area contributed by atoms with Crippen LogP contribution in [0.5, 0.6) is 0 Å². The number of carboxylic acid groups (broad SMARTS) is 1. The number of carboxylic acids is 1. The monoisotopic (exact) mass is 296 g/mol. The minimum Gasteiger partial charge on any atom is -0.478 e. The molecule has 6 heteroatoms. The summed E-state index contributed by atoms with van der Waals surface area (Å²) in [6.07, 6.45) is 2.36. The summed E-state index contributed by atoms with van der Waals surface area (Å²) in [6.45, 7) is 6.96. The van der Waals surface area contributed by atoms with Crippen molar-refractivity contribution in [3.05, 3.63) is 16.0 Å². The van der Waals surface area contributed by atoms with E-state index >= 15 is 0 Å². The predicted octanol–water partition coefficient (Wildman–Crippen LogP) is 3.33. The van der Waals surface area contributed by atoms with Crippen LogP contribution in [0.4, 0.5) is 9.80 Å². The topological polar surface area (TPSA) is 69.6 Å². The van der Waals surface area contributed by atoms with Crippen LogP contribution in [0, 0.1) is 19.8 Å². The van der Waals surface area contributed by atoms with Crippen LogP contribution in [0.2, 0.25) is 0 Å². The molecule has 1 heterocycles. The minimum atomic E-state index is -0.993. The first-order valence-corrected chi connectivity index (χ1v) is 7.64. The zero-order chi connectivity index (χ0) is 14.9. The highest BCUT2D eigenvalue weighted by Gasteiger charge is 2.27. The van der Waals surface area contributed by atoms with Crippen molar-refractivity contribution in [2.24, 2.45) is 5.92 Å². The summed E-state index contributed by atoms with van der Waals surface area (Å²) in [6, 6.07) is -0.205. The molecule has 1 fully saturated rings. The number of anilines is 1. The number of thiophene rings is 1. The molecule has 20 heavy (non-hydrogen) atoms. The largest absolute Gasteiger partial charge is 0.478 e. The summed E-state index contributed by atoms with van der Waals surface area (Å²) in [7, 11) is 0. The van der Waals surface area contributed by atoms with Gasteiger partial charge in [0.05, 0.1) is 5.56 Å². The molecule has 0 saturated heterocycles. The number of nitrogens with zero attached hydrogens (tertiary/aromatic N) is 1. The van der Waals surface area contributed by atoms with Gasteiger partial charge in [-0.3, -0.25) is 5.32 Å². The van der Waals surface area contributed by atoms with Crippen molar-refractivity contribution < 1.29 is 14.7 Å². The molecule has 2 rings (SSSR count). The molecule has 0 atom stereocenters. The summed E-state index contributed by atoms with van der Waals surface area (Å²) in [5, 5.41) is 12.5. The average molecular weight is 296 g/mol. The Labute approximate surface area is 122 Å². The van der Waals surface area contributed by atoms with Crippen LogP contribution < -0.4 is 5.32 Å². The maximum Gasteiger partial charge on any atom is 0.338 e. The number of rotatable bonds is 5. The molecular weight excluding hydrogens is 276 g/mol. The first-order valence-electron chi connectivity index (χ1n) is 6.83. The van der Waals surface area contributed by atoms with Crippen LogP contribution in [-0.4, -0.2) is 35.1 Å². The molecule has 2 N–H and O–H groups in total. The molecule has 0 unspecified atom stereocenters. The Hall–Kier alpha value is -1.56. The van der Waals surface area contributed by atoms with Gasteiger partial charge >= 0.3 is 12.0 Å². The second-order valence-electron chi connectivity index (χ2n) is 5.20. The van der Waals surface area contributed by atoms with Gasteiger partial charge in [0.2, 0.25) is 0 Å². The lowest BCUT2D eigenvalue weighted by atomic mass is 10.1. The van der Waals surface area contributed by atoms with Crippen LogP contribution in [0.25, 0.3) is 0 Å². The van der Waals surface area contributed by atoms with Gasteiger partial charge in [0, 0.05) is 18.0 Å². The molecule has 2 amide bonds. The first-order chi connectivity index (χ1) is 9.43. The van der Waals surface area contributed by atoms with Crippen LogP contribution in [0.15, 0.2) is 0 Å². The summed E-state index contributed by atoms with van der Waals surface area (Å²) < 4.78 is 0. The van der Waals surface area contributed by atoms with Crippen molar-refractivity contribution >= 4 is 28.3 Å². The van der Waals surface area contributed by atoms with Gasteiger partial charge in [-0.25, -0.2) is 9.59 Å². The number of hydrogen-bond acceptors (Lipinski definition) is 3. The van der Waals surface area contributed by atoms with Crippen LogP contribution >= 0.6 is 11.3 Å². The molecule has 5 nitrogen and oxygen atoms in total. The van der Waals surface area contributed by atoms with Crippen molar-refractivity contribution in [1.29, 1.82) is 0 Å². The van der Waals surface area contributed by atoms with Gasteiger partial charge in [0.15, 0.2) is 0 Å². The second kappa shape index (κ2) is 5.83. The van der Waals surface area contributed by atoms with E-state index in [9.17, 15) is 14.7 Å². The van der Waals surface area contributed by atoms with Crippen LogP contribution in [0.1, 0.15) is 40.6 Å². The van der Waals surface area contributed by atoms with E-state index in [1.54, 1.807) is 11.8 Å². The molecule has 1 saturated carbocycles. The number of hydrogen-bond donors (Lipinski definition) is 2. The SMILES string of the molecule is CCN(CC1CC1)C(=O)Nc1sc(C)c(C)c1C(=O)O. The van der Waals surface area contributed by atoms with Crippen molar-refractivity contribution in [3.63, 3.8) is 0 Å². The standard InChI is InChI=1S/C14H20N2O3S/c1-4-16(7-10-5-6-10)14(19)15-12-11(13(17)18)8(2)9(3)20-12/h10H,4-7H2,1-3H3,(H,15,19)(H,17,18). The van der Waals surface area contributed by atoms with Gasteiger partial charge in [0.1, 0.15) is 5.00 Å². The summed E-state index contributed by atoms with van der Waals surface area (Å²) in [4.78, 5) is 26.2. The summed E-state index contributed by atoms with van der Waals surface area (Å²) >= 11 is 1.32. The highest BCUT2D eigenvalue weighted by molar-refractivity contribution is 7.16. The predicted molar refractivity (Wildman–Crippen MR) is 79.7 cm³/mol. The molecule has 0 aliphatic heterocycles. The molecular formula is C14H20N2O3S. The van der Waals surface area contributed by atoms with E-state index in [1.165, 1.54) is 24.2 Å². The Morgan fingerprint density at radius 2 is 2.05 bits per heavy atom. The van der Waals surface area contributed by atoms with Gasteiger partial charge in [-0.15, -0.1) is 11.3 Å². The summed E-state index contributed by atoms with van der Waals surface area (Å²) in [5.41, 5.74) is 0.936. The second-order valence-corrected chi connectivity index (χ2v) is 6.43. The number of nitrogens with one attached hydrogen (secondary N) is 1. The zero-order valence-corrected chi connectivity index (χ0v) is 12.8. The Kier molecular flexibility index (Phi) is 4.32. The first kappa shape index (κ1) is 14.8. The number of carbonyl (C=O) groups excluding carboxylic acids is 1.